The molecule has 0 aliphatic rings. The van der Waals surface area contributed by atoms with Crippen LogP contribution in [0.1, 0.15) is 36.5 Å². The summed E-state index contributed by atoms with van der Waals surface area (Å²) in [6.45, 7) is 1.93. The van der Waals surface area contributed by atoms with Crippen LogP contribution >= 0.6 is 34.2 Å². The molecule has 1 rings (SSSR count). The lowest BCUT2D eigenvalue weighted by Gasteiger charge is -2.17. The van der Waals surface area contributed by atoms with Gasteiger partial charge in [0, 0.05) is 9.61 Å². The molecule has 0 radical (unpaired) electrons. The van der Waals surface area contributed by atoms with Gasteiger partial charge in [-0.2, -0.15) is 0 Å². The summed E-state index contributed by atoms with van der Waals surface area (Å²) in [5.74, 6) is -0.918. The van der Waals surface area contributed by atoms with E-state index in [1.54, 1.807) is 6.07 Å². The molecular weight excluding hydrogens is 409 g/mol. The average Bonchev–Trinajstić information content (AvgIpc) is 2.40. The second-order valence-corrected chi connectivity index (χ2v) is 6.09. The summed E-state index contributed by atoms with van der Waals surface area (Å²) in [6.07, 6.45) is 1.27. The summed E-state index contributed by atoms with van der Waals surface area (Å²) in [7, 11) is 1.47. The molecule has 1 aromatic carbocycles. The lowest BCUT2D eigenvalue weighted by Crippen LogP contribution is -2.36. The zero-order chi connectivity index (χ0) is 16.0. The van der Waals surface area contributed by atoms with Gasteiger partial charge in [-0.1, -0.05) is 24.9 Å². The molecule has 5 nitrogen and oxygen atoms in total. The molecular formula is C14H17ClINO4. The lowest BCUT2D eigenvalue weighted by atomic mass is 10.1. The number of carboxylic acid groups (broad SMARTS) is 1. The normalized spacial score (nSPS) is 11.8. The Morgan fingerprint density at radius 2 is 2.14 bits per heavy atom. The van der Waals surface area contributed by atoms with E-state index in [0.717, 1.165) is 9.99 Å². The highest BCUT2D eigenvalue weighted by atomic mass is 127. The number of nitrogens with one attached hydrogen (secondary N) is 1. The van der Waals surface area contributed by atoms with Gasteiger partial charge in [-0.05, 0) is 41.1 Å². The van der Waals surface area contributed by atoms with E-state index in [-0.39, 0.29) is 12.3 Å². The molecule has 1 atom stereocenters. The van der Waals surface area contributed by atoms with Crippen molar-refractivity contribution < 1.29 is 19.4 Å². The molecule has 21 heavy (non-hydrogen) atoms. The fourth-order valence-corrected chi connectivity index (χ4v) is 2.52. The van der Waals surface area contributed by atoms with E-state index in [1.165, 1.54) is 13.2 Å². The number of halogens is 2. The maximum absolute atomic E-state index is 12.3. The van der Waals surface area contributed by atoms with Crippen LogP contribution in [0.3, 0.4) is 0 Å². The van der Waals surface area contributed by atoms with Gasteiger partial charge in [-0.15, -0.1) is 0 Å². The molecule has 0 bridgehead atoms. The van der Waals surface area contributed by atoms with Gasteiger partial charge in [0.25, 0.3) is 5.91 Å². The molecule has 0 aliphatic carbocycles. The summed E-state index contributed by atoms with van der Waals surface area (Å²) in [5, 5.41) is 12.1. The van der Waals surface area contributed by atoms with Gasteiger partial charge >= 0.3 is 5.97 Å². The van der Waals surface area contributed by atoms with Crippen molar-refractivity contribution in [1.29, 1.82) is 0 Å². The van der Waals surface area contributed by atoms with E-state index in [1.807, 2.05) is 29.5 Å². The third kappa shape index (κ3) is 5.35. The maximum Gasteiger partial charge on any atom is 0.305 e. The summed E-state index contributed by atoms with van der Waals surface area (Å²) >= 11 is 8.08. The molecule has 0 fully saturated rings. The summed E-state index contributed by atoms with van der Waals surface area (Å²) in [4.78, 5) is 23.1. The number of rotatable bonds is 7. The highest BCUT2D eigenvalue weighted by molar-refractivity contribution is 14.1. The van der Waals surface area contributed by atoms with E-state index < -0.39 is 12.0 Å². The van der Waals surface area contributed by atoms with Crippen molar-refractivity contribution in [1.82, 2.24) is 5.32 Å². The summed E-state index contributed by atoms with van der Waals surface area (Å²) in [6, 6.07) is 2.79. The number of aliphatic carboxylic acids is 1. The minimum Gasteiger partial charge on any atom is -0.496 e. The van der Waals surface area contributed by atoms with Crippen LogP contribution in [0, 0.1) is 3.57 Å². The second-order valence-electron chi connectivity index (χ2n) is 4.52. The fraction of sp³-hybridized carbons (Fsp3) is 0.429. The Morgan fingerprint density at radius 3 is 2.67 bits per heavy atom. The third-order valence-electron chi connectivity index (χ3n) is 2.88. The molecule has 0 heterocycles. The van der Waals surface area contributed by atoms with Crippen molar-refractivity contribution in [2.45, 2.75) is 32.2 Å². The zero-order valence-corrected chi connectivity index (χ0v) is 14.7. The summed E-state index contributed by atoms with van der Waals surface area (Å²) in [5.41, 5.74) is 0.300. The Balaban J connectivity index is 2.96. The first-order valence-electron chi connectivity index (χ1n) is 6.44. The topological polar surface area (TPSA) is 75.6 Å². The monoisotopic (exact) mass is 425 g/mol. The molecule has 0 saturated heterocycles. The minimum absolute atomic E-state index is 0.111. The number of carbonyl (C=O) groups excluding carboxylic acids is 1. The predicted octanol–water partition coefficient (Wildman–Crippen LogP) is 3.33. The van der Waals surface area contributed by atoms with Gasteiger partial charge in [0.15, 0.2) is 0 Å². The first-order valence-corrected chi connectivity index (χ1v) is 7.90. The number of methoxy groups -OCH3 is 1. The highest BCUT2D eigenvalue weighted by Crippen LogP contribution is 2.28. The van der Waals surface area contributed by atoms with Crippen molar-refractivity contribution in [3.63, 3.8) is 0 Å². The van der Waals surface area contributed by atoms with Crippen LogP contribution < -0.4 is 10.1 Å². The van der Waals surface area contributed by atoms with Crippen LogP contribution in [0.2, 0.25) is 5.02 Å². The van der Waals surface area contributed by atoms with E-state index in [4.69, 9.17) is 21.4 Å². The van der Waals surface area contributed by atoms with Crippen LogP contribution in [0.5, 0.6) is 5.75 Å². The van der Waals surface area contributed by atoms with Gasteiger partial charge < -0.3 is 15.2 Å². The van der Waals surface area contributed by atoms with Crippen LogP contribution in [0.15, 0.2) is 12.1 Å². The Bertz CT molecular complexity index is 536. The number of carbonyl (C=O) groups is 2. The number of benzene rings is 1. The van der Waals surface area contributed by atoms with E-state index >= 15 is 0 Å². The molecule has 0 aliphatic heterocycles. The number of hydrogen-bond donors (Lipinski definition) is 2. The number of carboxylic acids is 1. The van der Waals surface area contributed by atoms with Gasteiger partial charge in [0.1, 0.15) is 5.75 Å². The van der Waals surface area contributed by atoms with Crippen molar-refractivity contribution in [2.24, 2.45) is 0 Å². The third-order valence-corrected chi connectivity index (χ3v) is 4.40. The standard InChI is InChI=1S/C14H17ClINO4/c1-3-4-8(5-13(18)19)17-14(20)9-6-10(15)11(16)7-12(9)21-2/h6-8H,3-5H2,1-2H3,(H,17,20)(H,18,19). The Kier molecular flexibility index (Phi) is 7.24. The van der Waals surface area contributed by atoms with Crippen LogP contribution in [0.25, 0.3) is 0 Å². The van der Waals surface area contributed by atoms with Crippen LogP contribution in [-0.2, 0) is 4.79 Å². The SMILES string of the molecule is CCCC(CC(=O)O)NC(=O)c1cc(Cl)c(I)cc1OC. The fourth-order valence-electron chi connectivity index (χ4n) is 1.92. The van der Waals surface area contributed by atoms with Crippen LogP contribution in [0.4, 0.5) is 0 Å². The van der Waals surface area contributed by atoms with Crippen molar-refractivity contribution in [3.05, 3.63) is 26.3 Å². The van der Waals surface area contributed by atoms with Gasteiger partial charge in [-0.25, -0.2) is 0 Å². The molecule has 2 N–H and O–H groups in total. The molecule has 0 spiro atoms. The second kappa shape index (κ2) is 8.43. The highest BCUT2D eigenvalue weighted by Gasteiger charge is 2.20. The molecule has 1 amide bonds. The number of ether oxygens (including phenoxy) is 1. The van der Waals surface area contributed by atoms with Gasteiger partial charge in [0.2, 0.25) is 0 Å². The maximum atomic E-state index is 12.3. The van der Waals surface area contributed by atoms with Gasteiger partial charge in [-0.3, -0.25) is 9.59 Å². The van der Waals surface area contributed by atoms with Crippen molar-refractivity contribution >= 4 is 46.1 Å². The Labute approximate surface area is 142 Å². The smallest absolute Gasteiger partial charge is 0.305 e. The molecule has 1 aromatic rings. The predicted molar refractivity (Wildman–Crippen MR) is 89.1 cm³/mol. The number of amides is 1. The zero-order valence-electron chi connectivity index (χ0n) is 11.8. The minimum atomic E-state index is -0.943. The first kappa shape index (κ1) is 18.0. The van der Waals surface area contributed by atoms with Crippen molar-refractivity contribution in [2.75, 3.05) is 7.11 Å². The first-order chi connectivity index (χ1) is 9.88. The molecule has 0 aromatic heterocycles. The molecule has 116 valence electrons. The lowest BCUT2D eigenvalue weighted by molar-refractivity contribution is -0.137. The molecule has 0 saturated carbocycles. The van der Waals surface area contributed by atoms with Crippen LogP contribution in [-0.4, -0.2) is 30.1 Å². The molecule has 1 unspecified atom stereocenters. The van der Waals surface area contributed by atoms with E-state index in [0.29, 0.717) is 22.8 Å². The number of hydrogen-bond acceptors (Lipinski definition) is 3. The Morgan fingerprint density at radius 1 is 1.48 bits per heavy atom. The quantitative estimate of drug-likeness (QED) is 0.657. The summed E-state index contributed by atoms with van der Waals surface area (Å²) < 4.78 is 5.96. The van der Waals surface area contributed by atoms with E-state index in [2.05, 4.69) is 5.32 Å². The van der Waals surface area contributed by atoms with Crippen molar-refractivity contribution in [3.8, 4) is 5.75 Å². The molecule has 7 heteroatoms. The average molecular weight is 426 g/mol. The largest absolute Gasteiger partial charge is 0.496 e. The Hall–Kier alpha value is -1.02. The van der Waals surface area contributed by atoms with Gasteiger partial charge in [0.05, 0.1) is 24.1 Å². The van der Waals surface area contributed by atoms with E-state index in [9.17, 15) is 9.59 Å².